The van der Waals surface area contributed by atoms with Crippen LogP contribution in [0.1, 0.15) is 37.4 Å². The van der Waals surface area contributed by atoms with E-state index in [-0.39, 0.29) is 31.3 Å². The average Bonchev–Trinajstić information content (AvgIpc) is 3.52. The lowest BCUT2D eigenvalue weighted by Gasteiger charge is -2.38. The molecule has 4 amide bonds. The maximum atomic E-state index is 13.7. The third kappa shape index (κ3) is 7.43. The summed E-state index contributed by atoms with van der Waals surface area (Å²) in [7, 11) is 1.55. The highest BCUT2D eigenvalue weighted by Crippen LogP contribution is 2.23. The summed E-state index contributed by atoms with van der Waals surface area (Å²) < 4.78 is 5.98. The molecule has 4 heterocycles. The summed E-state index contributed by atoms with van der Waals surface area (Å²) in [6.07, 6.45) is 1.72. The minimum Gasteiger partial charge on any atom is -0.388 e. The number of aliphatic hydroxyl groups is 1. The zero-order valence-corrected chi connectivity index (χ0v) is 25.3. The SMILES string of the molecule is C[C@H]1C(=O)N[C@@H](Cc2ccccc2)C(=O)N[C@H]2CCO[C@H](CN(Cc3ccccn3)CC(=O)N3CCC[C@H]3C(=O)N1C)[C@H]2O. The number of ether oxygens (including phenoxy) is 1. The van der Waals surface area contributed by atoms with Crippen LogP contribution in [-0.4, -0.2) is 118 Å². The van der Waals surface area contributed by atoms with E-state index >= 15 is 0 Å². The number of nitrogens with zero attached hydrogens (tertiary/aromatic N) is 4. The van der Waals surface area contributed by atoms with Gasteiger partial charge in [0, 0.05) is 45.9 Å². The van der Waals surface area contributed by atoms with E-state index in [4.69, 9.17) is 4.74 Å². The van der Waals surface area contributed by atoms with Crippen LogP contribution in [-0.2, 0) is 36.9 Å². The molecule has 6 atom stereocenters. The van der Waals surface area contributed by atoms with Crippen LogP contribution >= 0.6 is 0 Å². The van der Waals surface area contributed by atoms with Crippen LogP contribution in [0, 0.1) is 0 Å². The monoisotopic (exact) mass is 606 g/mol. The van der Waals surface area contributed by atoms with Gasteiger partial charge in [-0.3, -0.25) is 29.1 Å². The first-order valence-electron chi connectivity index (χ1n) is 15.3. The van der Waals surface area contributed by atoms with Gasteiger partial charge in [0.1, 0.15) is 24.2 Å². The molecule has 0 aliphatic carbocycles. The third-order valence-electron chi connectivity index (χ3n) is 8.87. The van der Waals surface area contributed by atoms with Crippen molar-refractivity contribution in [3.63, 3.8) is 0 Å². The number of hydrogen-bond donors (Lipinski definition) is 3. The lowest BCUT2D eigenvalue weighted by molar-refractivity contribution is -0.147. The number of aromatic nitrogens is 1. The topological polar surface area (TPSA) is 144 Å². The molecule has 0 radical (unpaired) electrons. The molecule has 12 nitrogen and oxygen atoms in total. The molecule has 1 aromatic heterocycles. The van der Waals surface area contributed by atoms with Crippen LogP contribution in [0.25, 0.3) is 0 Å². The summed E-state index contributed by atoms with van der Waals surface area (Å²) in [6, 6.07) is 11.8. The van der Waals surface area contributed by atoms with Gasteiger partial charge in [0.15, 0.2) is 0 Å². The third-order valence-corrected chi connectivity index (χ3v) is 8.87. The van der Waals surface area contributed by atoms with Crippen molar-refractivity contribution in [1.82, 2.24) is 30.3 Å². The van der Waals surface area contributed by atoms with Gasteiger partial charge in [-0.1, -0.05) is 36.4 Å². The minimum absolute atomic E-state index is 0.0110. The largest absolute Gasteiger partial charge is 0.388 e. The van der Waals surface area contributed by atoms with Crippen LogP contribution in [0.5, 0.6) is 0 Å². The van der Waals surface area contributed by atoms with Gasteiger partial charge < -0.3 is 30.3 Å². The molecule has 3 aliphatic heterocycles. The van der Waals surface area contributed by atoms with Crippen molar-refractivity contribution in [1.29, 1.82) is 0 Å². The summed E-state index contributed by atoms with van der Waals surface area (Å²) in [5, 5.41) is 17.2. The number of fused-ring (bicyclic) bond motifs is 3. The Morgan fingerprint density at radius 3 is 2.52 bits per heavy atom. The van der Waals surface area contributed by atoms with Gasteiger partial charge in [-0.25, -0.2) is 0 Å². The fourth-order valence-electron chi connectivity index (χ4n) is 6.19. The Bertz CT molecular complexity index is 1310. The van der Waals surface area contributed by atoms with Gasteiger partial charge in [-0.05, 0) is 43.9 Å². The molecule has 3 saturated heterocycles. The van der Waals surface area contributed by atoms with Gasteiger partial charge in [-0.2, -0.15) is 0 Å². The first kappa shape index (κ1) is 31.6. The number of rotatable bonds is 4. The van der Waals surface area contributed by atoms with E-state index in [1.807, 2.05) is 53.4 Å². The van der Waals surface area contributed by atoms with E-state index in [2.05, 4.69) is 15.6 Å². The Labute approximate surface area is 257 Å². The second-order valence-corrected chi connectivity index (χ2v) is 11.9. The molecular formula is C32H42N6O6. The molecule has 1 aromatic carbocycles. The first-order chi connectivity index (χ1) is 21.2. The van der Waals surface area contributed by atoms with Crippen molar-refractivity contribution in [2.75, 3.05) is 33.3 Å². The molecule has 3 fully saturated rings. The lowest BCUT2D eigenvalue weighted by atomic mass is 9.97. The fourth-order valence-corrected chi connectivity index (χ4v) is 6.19. The quantitative estimate of drug-likeness (QED) is 0.445. The van der Waals surface area contributed by atoms with Crippen LogP contribution in [0.3, 0.4) is 0 Å². The van der Waals surface area contributed by atoms with Crippen molar-refractivity contribution < 1.29 is 29.0 Å². The number of benzene rings is 1. The van der Waals surface area contributed by atoms with Crippen LogP contribution in [0.2, 0.25) is 0 Å². The number of amides is 4. The predicted octanol–water partition coefficient (Wildman–Crippen LogP) is 0.0972. The molecule has 3 aliphatic rings. The summed E-state index contributed by atoms with van der Waals surface area (Å²) in [5.74, 6) is -1.45. The Kier molecular flexibility index (Phi) is 10.2. The number of carbonyl (C=O) groups is 4. The zero-order valence-electron chi connectivity index (χ0n) is 25.3. The Hall–Kier alpha value is -3.87. The van der Waals surface area contributed by atoms with Gasteiger partial charge in [0.2, 0.25) is 23.6 Å². The number of aliphatic hydroxyl groups excluding tert-OH is 1. The lowest BCUT2D eigenvalue weighted by Crippen LogP contribution is -2.60. The van der Waals surface area contributed by atoms with Gasteiger partial charge in [0.05, 0.1) is 24.4 Å². The zero-order chi connectivity index (χ0) is 31.2. The maximum Gasteiger partial charge on any atom is 0.245 e. The molecule has 3 N–H and O–H groups in total. The highest BCUT2D eigenvalue weighted by Gasteiger charge is 2.41. The molecule has 0 saturated carbocycles. The summed E-state index contributed by atoms with van der Waals surface area (Å²) in [6.45, 7) is 2.88. The average molecular weight is 607 g/mol. The molecule has 2 bridgehead atoms. The summed E-state index contributed by atoms with van der Waals surface area (Å²) in [5.41, 5.74) is 1.60. The predicted molar refractivity (Wildman–Crippen MR) is 161 cm³/mol. The summed E-state index contributed by atoms with van der Waals surface area (Å²) >= 11 is 0. The standard InChI is InChI=1S/C32H42N6O6/c1-21-30(41)35-25(17-22-9-4-3-5-10-22)31(42)34-24-13-16-44-27(29(24)40)19-37(18-23-11-6-7-14-33-23)20-28(39)38-15-8-12-26(38)32(43)36(21)2/h3-7,9-11,14,21,24-27,29,40H,8,12-13,15-20H2,1-2H3,(H,34,42)(H,35,41)/t21-,24-,25-,26-,27+,29-/m0/s1. The van der Waals surface area contributed by atoms with Crippen LogP contribution in [0.15, 0.2) is 54.7 Å². The number of likely N-dealkylation sites (N-methyl/N-ethyl adjacent to an activating group) is 1. The number of carbonyl (C=O) groups excluding carboxylic acids is 4. The maximum absolute atomic E-state index is 13.7. The van der Waals surface area contributed by atoms with E-state index in [1.54, 1.807) is 25.1 Å². The van der Waals surface area contributed by atoms with E-state index in [9.17, 15) is 24.3 Å². The minimum atomic E-state index is -1.05. The molecule has 2 aromatic rings. The Balaban J connectivity index is 1.46. The van der Waals surface area contributed by atoms with E-state index < -0.39 is 48.2 Å². The fraction of sp³-hybridized carbons (Fsp3) is 0.531. The van der Waals surface area contributed by atoms with Crippen molar-refractivity contribution in [3.05, 3.63) is 66.0 Å². The van der Waals surface area contributed by atoms with Crippen molar-refractivity contribution in [2.24, 2.45) is 0 Å². The smallest absolute Gasteiger partial charge is 0.245 e. The number of hydrogen-bond acceptors (Lipinski definition) is 8. The molecule has 0 unspecified atom stereocenters. The second kappa shape index (κ2) is 14.3. The van der Waals surface area contributed by atoms with Crippen LogP contribution < -0.4 is 10.6 Å². The molecule has 0 spiro atoms. The first-order valence-corrected chi connectivity index (χ1v) is 15.3. The second-order valence-electron chi connectivity index (χ2n) is 11.9. The molecule has 44 heavy (non-hydrogen) atoms. The normalized spacial score (nSPS) is 29.5. The van der Waals surface area contributed by atoms with E-state index in [1.165, 1.54) is 4.90 Å². The van der Waals surface area contributed by atoms with E-state index in [0.29, 0.717) is 39.0 Å². The highest BCUT2D eigenvalue weighted by atomic mass is 16.5. The Morgan fingerprint density at radius 1 is 1.00 bits per heavy atom. The van der Waals surface area contributed by atoms with Crippen molar-refractivity contribution in [2.45, 2.75) is 75.5 Å². The molecule has 5 rings (SSSR count). The molecule has 236 valence electrons. The van der Waals surface area contributed by atoms with Gasteiger partial charge in [0.25, 0.3) is 0 Å². The van der Waals surface area contributed by atoms with Crippen molar-refractivity contribution >= 4 is 23.6 Å². The molecule has 12 heteroatoms. The van der Waals surface area contributed by atoms with E-state index in [0.717, 1.165) is 11.3 Å². The number of pyridine rings is 1. The van der Waals surface area contributed by atoms with Crippen LogP contribution in [0.4, 0.5) is 0 Å². The number of nitrogens with one attached hydrogen (secondary N) is 2. The Morgan fingerprint density at radius 2 is 1.77 bits per heavy atom. The van der Waals surface area contributed by atoms with Gasteiger partial charge in [-0.15, -0.1) is 0 Å². The van der Waals surface area contributed by atoms with Crippen molar-refractivity contribution in [3.8, 4) is 0 Å². The summed E-state index contributed by atoms with van der Waals surface area (Å²) in [4.78, 5) is 63.8. The highest BCUT2D eigenvalue weighted by molar-refractivity contribution is 5.94. The van der Waals surface area contributed by atoms with Gasteiger partial charge >= 0.3 is 0 Å². The molecular weight excluding hydrogens is 564 g/mol.